The first kappa shape index (κ1) is 15.5. The van der Waals surface area contributed by atoms with Crippen LogP contribution in [0.25, 0.3) is 0 Å². The molecule has 5 heteroatoms. The van der Waals surface area contributed by atoms with Crippen molar-refractivity contribution in [2.45, 2.75) is 26.3 Å². The Morgan fingerprint density at radius 1 is 1.29 bits per heavy atom. The van der Waals surface area contributed by atoms with Crippen molar-refractivity contribution in [1.29, 1.82) is 0 Å². The topological polar surface area (TPSA) is 52.0 Å². The third kappa shape index (κ3) is 4.04. The molecule has 5 nitrogen and oxygen atoms in total. The molecule has 2 rings (SSSR count). The first-order valence-electron chi connectivity index (χ1n) is 7.30. The van der Waals surface area contributed by atoms with E-state index in [1.165, 1.54) is 5.69 Å². The Balaban J connectivity index is 1.95. The van der Waals surface area contributed by atoms with Gasteiger partial charge in [0.1, 0.15) is 0 Å². The minimum absolute atomic E-state index is 0.433. The van der Waals surface area contributed by atoms with Crippen LogP contribution in [0.2, 0.25) is 0 Å². The molecular formula is C16H24N4O. The largest absolute Gasteiger partial charge is 0.481 e. The molecule has 2 aromatic heterocycles. The van der Waals surface area contributed by atoms with Gasteiger partial charge >= 0.3 is 0 Å². The zero-order valence-corrected chi connectivity index (χ0v) is 13.2. The molecule has 114 valence electrons. The molecule has 0 amide bonds. The van der Waals surface area contributed by atoms with Gasteiger partial charge in [-0.2, -0.15) is 5.10 Å². The lowest BCUT2D eigenvalue weighted by Gasteiger charge is -2.21. The summed E-state index contributed by atoms with van der Waals surface area (Å²) in [5.74, 6) is 1.63. The molecule has 2 aromatic rings. The Bertz CT molecular complexity index is 565. The summed E-state index contributed by atoms with van der Waals surface area (Å²) in [6, 6.07) is 7.92. The zero-order chi connectivity index (χ0) is 15.2. The highest BCUT2D eigenvalue weighted by Crippen LogP contribution is 2.23. The summed E-state index contributed by atoms with van der Waals surface area (Å²) >= 11 is 0. The Hall–Kier alpha value is -1.88. The van der Waals surface area contributed by atoms with Crippen molar-refractivity contribution in [1.82, 2.24) is 20.1 Å². The van der Waals surface area contributed by atoms with E-state index in [0.29, 0.717) is 17.7 Å². The van der Waals surface area contributed by atoms with Crippen molar-refractivity contribution < 1.29 is 4.74 Å². The highest BCUT2D eigenvalue weighted by molar-refractivity contribution is 5.15. The van der Waals surface area contributed by atoms with Crippen LogP contribution in [0, 0.1) is 5.92 Å². The number of nitrogens with one attached hydrogen (secondary N) is 1. The number of hydrogen-bond donors (Lipinski definition) is 1. The first-order valence-corrected chi connectivity index (χ1v) is 7.30. The summed E-state index contributed by atoms with van der Waals surface area (Å²) < 4.78 is 7.10. The second-order valence-electron chi connectivity index (χ2n) is 5.53. The molecule has 1 N–H and O–H groups in total. The van der Waals surface area contributed by atoms with Gasteiger partial charge in [-0.15, -0.1) is 0 Å². The summed E-state index contributed by atoms with van der Waals surface area (Å²) in [5, 5.41) is 7.76. The number of hydrogen-bond acceptors (Lipinski definition) is 4. The Labute approximate surface area is 126 Å². The first-order chi connectivity index (χ1) is 10.1. The van der Waals surface area contributed by atoms with Gasteiger partial charge in [0.15, 0.2) is 0 Å². The maximum atomic E-state index is 5.14. The molecule has 0 fully saturated rings. The standard InChI is InChI=1S/C16H24N4O/c1-12(2)14(15-8-9-18-20(15)3)11-17-10-13-6-5-7-16(19-13)21-4/h5-9,12,14,17H,10-11H2,1-4H3. The van der Waals surface area contributed by atoms with E-state index in [1.54, 1.807) is 7.11 Å². The third-order valence-electron chi connectivity index (χ3n) is 3.70. The number of nitrogens with zero attached hydrogens (tertiary/aromatic N) is 3. The van der Waals surface area contributed by atoms with E-state index < -0.39 is 0 Å². The van der Waals surface area contributed by atoms with Crippen LogP contribution in [0.5, 0.6) is 5.88 Å². The molecule has 1 unspecified atom stereocenters. The third-order valence-corrected chi connectivity index (χ3v) is 3.70. The lowest BCUT2D eigenvalue weighted by molar-refractivity contribution is 0.394. The fourth-order valence-corrected chi connectivity index (χ4v) is 2.46. The van der Waals surface area contributed by atoms with Gasteiger partial charge in [-0.25, -0.2) is 4.98 Å². The summed E-state index contributed by atoms with van der Waals surface area (Å²) in [7, 11) is 3.63. The van der Waals surface area contributed by atoms with Gasteiger partial charge in [0.05, 0.1) is 12.8 Å². The van der Waals surface area contributed by atoms with Gasteiger partial charge < -0.3 is 10.1 Å². The molecule has 0 bridgehead atoms. The second kappa shape index (κ2) is 7.22. The quantitative estimate of drug-likeness (QED) is 0.849. The van der Waals surface area contributed by atoms with Crippen LogP contribution in [0.15, 0.2) is 30.5 Å². The molecule has 1 atom stereocenters. The minimum atomic E-state index is 0.433. The van der Waals surface area contributed by atoms with E-state index in [4.69, 9.17) is 4.74 Å². The molecule has 0 spiro atoms. The summed E-state index contributed by atoms with van der Waals surface area (Å²) in [6.07, 6.45) is 1.86. The van der Waals surface area contributed by atoms with Crippen molar-refractivity contribution in [3.8, 4) is 5.88 Å². The molecule has 0 aromatic carbocycles. The molecule has 0 radical (unpaired) electrons. The summed E-state index contributed by atoms with van der Waals surface area (Å²) in [6.45, 7) is 6.11. The van der Waals surface area contributed by atoms with E-state index in [2.05, 4.69) is 35.3 Å². The predicted octanol–water partition coefficient (Wildman–Crippen LogP) is 2.35. The second-order valence-corrected chi connectivity index (χ2v) is 5.53. The van der Waals surface area contributed by atoms with Crippen LogP contribution < -0.4 is 10.1 Å². The highest BCUT2D eigenvalue weighted by atomic mass is 16.5. The van der Waals surface area contributed by atoms with E-state index in [-0.39, 0.29) is 0 Å². The van der Waals surface area contributed by atoms with Gasteiger partial charge in [0.2, 0.25) is 5.88 Å². The lowest BCUT2D eigenvalue weighted by Crippen LogP contribution is -2.26. The Morgan fingerprint density at radius 3 is 2.71 bits per heavy atom. The van der Waals surface area contributed by atoms with Crippen LogP contribution in [-0.4, -0.2) is 28.4 Å². The van der Waals surface area contributed by atoms with E-state index in [0.717, 1.165) is 18.8 Å². The van der Waals surface area contributed by atoms with Gasteiger partial charge in [0.25, 0.3) is 0 Å². The van der Waals surface area contributed by atoms with Crippen LogP contribution in [0.1, 0.15) is 31.2 Å². The van der Waals surface area contributed by atoms with Crippen molar-refractivity contribution in [2.75, 3.05) is 13.7 Å². The molecule has 21 heavy (non-hydrogen) atoms. The number of rotatable bonds is 7. The smallest absolute Gasteiger partial charge is 0.213 e. The van der Waals surface area contributed by atoms with Crippen molar-refractivity contribution >= 4 is 0 Å². The fraction of sp³-hybridized carbons (Fsp3) is 0.500. The maximum absolute atomic E-state index is 5.14. The molecular weight excluding hydrogens is 264 g/mol. The summed E-state index contributed by atoms with van der Waals surface area (Å²) in [4.78, 5) is 4.41. The number of aromatic nitrogens is 3. The highest BCUT2D eigenvalue weighted by Gasteiger charge is 2.18. The zero-order valence-electron chi connectivity index (χ0n) is 13.2. The molecule has 0 aliphatic rings. The average molecular weight is 288 g/mol. The molecule has 0 aliphatic heterocycles. The average Bonchev–Trinajstić information content (AvgIpc) is 2.89. The van der Waals surface area contributed by atoms with Crippen LogP contribution in [0.4, 0.5) is 0 Å². The maximum Gasteiger partial charge on any atom is 0.213 e. The van der Waals surface area contributed by atoms with Crippen LogP contribution in [0.3, 0.4) is 0 Å². The van der Waals surface area contributed by atoms with Crippen LogP contribution >= 0.6 is 0 Å². The SMILES string of the molecule is COc1cccc(CNCC(c2ccnn2C)C(C)C)n1. The minimum Gasteiger partial charge on any atom is -0.481 e. The van der Waals surface area contributed by atoms with E-state index >= 15 is 0 Å². The van der Waals surface area contributed by atoms with E-state index in [9.17, 15) is 0 Å². The Morgan fingerprint density at radius 2 is 2.10 bits per heavy atom. The normalized spacial score (nSPS) is 12.6. The molecule has 2 heterocycles. The Kier molecular flexibility index (Phi) is 5.33. The van der Waals surface area contributed by atoms with Crippen molar-refractivity contribution in [2.24, 2.45) is 13.0 Å². The van der Waals surface area contributed by atoms with Crippen molar-refractivity contribution in [3.05, 3.63) is 41.9 Å². The van der Waals surface area contributed by atoms with Crippen molar-refractivity contribution in [3.63, 3.8) is 0 Å². The number of aryl methyl sites for hydroxylation is 1. The molecule has 0 saturated carbocycles. The summed E-state index contributed by atoms with van der Waals surface area (Å²) in [5.41, 5.74) is 2.25. The van der Waals surface area contributed by atoms with Crippen LogP contribution in [-0.2, 0) is 13.6 Å². The van der Waals surface area contributed by atoms with Gasteiger partial charge in [-0.3, -0.25) is 4.68 Å². The van der Waals surface area contributed by atoms with Gasteiger partial charge in [-0.1, -0.05) is 19.9 Å². The monoisotopic (exact) mass is 288 g/mol. The number of methoxy groups -OCH3 is 1. The van der Waals surface area contributed by atoms with E-state index in [1.807, 2.05) is 36.1 Å². The molecule has 0 aliphatic carbocycles. The number of pyridine rings is 1. The van der Waals surface area contributed by atoms with Gasteiger partial charge in [-0.05, 0) is 18.1 Å². The number of ether oxygens (including phenoxy) is 1. The molecule has 0 saturated heterocycles. The fourth-order valence-electron chi connectivity index (χ4n) is 2.46. The predicted molar refractivity (Wildman–Crippen MR) is 83.3 cm³/mol. The van der Waals surface area contributed by atoms with Gasteiger partial charge in [0, 0.05) is 44.0 Å². The lowest BCUT2D eigenvalue weighted by atomic mass is 9.92.